The highest BCUT2D eigenvalue weighted by Crippen LogP contribution is 2.27. The zero-order valence-electron chi connectivity index (χ0n) is 11.4. The summed E-state index contributed by atoms with van der Waals surface area (Å²) in [4.78, 5) is 13.2. The maximum Gasteiger partial charge on any atom is 0.131 e. The van der Waals surface area contributed by atoms with Crippen molar-refractivity contribution in [3.63, 3.8) is 0 Å². The van der Waals surface area contributed by atoms with Gasteiger partial charge >= 0.3 is 0 Å². The second kappa shape index (κ2) is 5.25. The molecule has 0 amide bonds. The Morgan fingerprint density at radius 1 is 1.10 bits per heavy atom. The van der Waals surface area contributed by atoms with Crippen LogP contribution >= 0.6 is 0 Å². The smallest absolute Gasteiger partial charge is 0.131 e. The van der Waals surface area contributed by atoms with Crippen LogP contribution in [-0.4, -0.2) is 15.0 Å². The molecule has 0 saturated heterocycles. The first kappa shape index (κ1) is 12.5. The van der Waals surface area contributed by atoms with Gasteiger partial charge in [-0.05, 0) is 11.8 Å². The van der Waals surface area contributed by atoms with Crippen molar-refractivity contribution in [2.24, 2.45) is 0 Å². The Labute approximate surface area is 117 Å². The van der Waals surface area contributed by atoms with E-state index in [9.17, 15) is 0 Å². The fourth-order valence-corrected chi connectivity index (χ4v) is 2.31. The molecule has 3 aromatic rings. The highest BCUT2D eigenvalue weighted by molar-refractivity contribution is 5.95. The maximum absolute atomic E-state index is 5.90. The number of anilines is 1. The van der Waals surface area contributed by atoms with Crippen LogP contribution in [0.25, 0.3) is 22.0 Å². The number of rotatable bonds is 3. The molecule has 0 spiro atoms. The topological polar surface area (TPSA) is 64.7 Å². The lowest BCUT2D eigenvalue weighted by Gasteiger charge is -2.08. The molecule has 3 rings (SSSR count). The van der Waals surface area contributed by atoms with Crippen molar-refractivity contribution in [3.8, 4) is 11.3 Å². The Kier molecular flexibility index (Phi) is 3.29. The molecule has 0 aliphatic heterocycles. The Balaban J connectivity index is 2.20. The summed E-state index contributed by atoms with van der Waals surface area (Å²) in [6.45, 7) is 2.10. The first-order chi connectivity index (χ1) is 9.78. The van der Waals surface area contributed by atoms with E-state index in [4.69, 9.17) is 5.73 Å². The molecule has 1 aromatic carbocycles. The summed E-state index contributed by atoms with van der Waals surface area (Å²) in [7, 11) is 0. The zero-order chi connectivity index (χ0) is 13.9. The van der Waals surface area contributed by atoms with Crippen LogP contribution in [-0.2, 0) is 6.42 Å². The average molecular weight is 264 g/mol. The standard InChI is InChI=1S/C16H16N4/c1-2-5-16-19-14(8-15(17)20-16)13-10-18-9-11-6-3-4-7-12(11)13/h3-4,6-10H,2,5H2,1H3,(H2,17,19,20). The predicted molar refractivity (Wildman–Crippen MR) is 81.2 cm³/mol. The van der Waals surface area contributed by atoms with Gasteiger partial charge in [0, 0.05) is 35.8 Å². The number of aryl methyl sites for hydroxylation is 1. The van der Waals surface area contributed by atoms with Gasteiger partial charge in [-0.1, -0.05) is 31.2 Å². The summed E-state index contributed by atoms with van der Waals surface area (Å²) in [5.74, 6) is 1.29. The molecular weight excluding hydrogens is 248 g/mol. The van der Waals surface area contributed by atoms with Crippen LogP contribution in [0.5, 0.6) is 0 Å². The normalized spacial score (nSPS) is 10.8. The molecule has 20 heavy (non-hydrogen) atoms. The van der Waals surface area contributed by atoms with E-state index in [0.717, 1.165) is 40.7 Å². The Hall–Kier alpha value is -2.49. The van der Waals surface area contributed by atoms with Crippen LogP contribution in [0.2, 0.25) is 0 Å². The maximum atomic E-state index is 5.90. The molecule has 0 fully saturated rings. The van der Waals surface area contributed by atoms with Gasteiger partial charge in [-0.2, -0.15) is 0 Å². The van der Waals surface area contributed by atoms with E-state index >= 15 is 0 Å². The molecule has 4 heteroatoms. The number of aromatic nitrogens is 3. The summed E-state index contributed by atoms with van der Waals surface area (Å²) < 4.78 is 0. The van der Waals surface area contributed by atoms with Crippen LogP contribution in [0.3, 0.4) is 0 Å². The van der Waals surface area contributed by atoms with Crippen LogP contribution in [0, 0.1) is 0 Å². The first-order valence-corrected chi connectivity index (χ1v) is 6.74. The van der Waals surface area contributed by atoms with Crippen molar-refractivity contribution >= 4 is 16.6 Å². The van der Waals surface area contributed by atoms with Gasteiger partial charge in [0.2, 0.25) is 0 Å². The summed E-state index contributed by atoms with van der Waals surface area (Å²) >= 11 is 0. The molecule has 0 radical (unpaired) electrons. The number of nitrogens with zero attached hydrogens (tertiary/aromatic N) is 3. The van der Waals surface area contributed by atoms with Crippen molar-refractivity contribution in [3.05, 3.63) is 48.5 Å². The molecule has 0 atom stereocenters. The van der Waals surface area contributed by atoms with E-state index in [1.54, 1.807) is 0 Å². The lowest BCUT2D eigenvalue weighted by Crippen LogP contribution is -2.01. The van der Waals surface area contributed by atoms with Gasteiger partial charge < -0.3 is 5.73 Å². The van der Waals surface area contributed by atoms with Gasteiger partial charge in [0.1, 0.15) is 11.6 Å². The number of hydrogen-bond acceptors (Lipinski definition) is 4. The number of hydrogen-bond donors (Lipinski definition) is 1. The van der Waals surface area contributed by atoms with Crippen LogP contribution < -0.4 is 5.73 Å². The lowest BCUT2D eigenvalue weighted by molar-refractivity contribution is 0.839. The molecule has 2 aromatic heterocycles. The minimum atomic E-state index is 0.506. The van der Waals surface area contributed by atoms with Crippen molar-refractivity contribution in [2.75, 3.05) is 5.73 Å². The molecule has 2 N–H and O–H groups in total. The molecule has 0 unspecified atom stereocenters. The summed E-state index contributed by atoms with van der Waals surface area (Å²) in [6.07, 6.45) is 5.52. The predicted octanol–water partition coefficient (Wildman–Crippen LogP) is 3.23. The summed E-state index contributed by atoms with van der Waals surface area (Å²) in [5.41, 5.74) is 7.73. The van der Waals surface area contributed by atoms with Crippen LogP contribution in [0.1, 0.15) is 19.2 Å². The minimum absolute atomic E-state index is 0.506. The van der Waals surface area contributed by atoms with Crippen molar-refractivity contribution in [1.29, 1.82) is 0 Å². The van der Waals surface area contributed by atoms with Gasteiger partial charge in [0.15, 0.2) is 0 Å². The quantitative estimate of drug-likeness (QED) is 0.788. The van der Waals surface area contributed by atoms with Crippen molar-refractivity contribution < 1.29 is 0 Å². The van der Waals surface area contributed by atoms with E-state index in [1.165, 1.54) is 0 Å². The monoisotopic (exact) mass is 264 g/mol. The van der Waals surface area contributed by atoms with Crippen molar-refractivity contribution in [2.45, 2.75) is 19.8 Å². The molecule has 0 saturated carbocycles. The molecule has 4 nitrogen and oxygen atoms in total. The van der Waals surface area contributed by atoms with E-state index in [1.807, 2.05) is 36.7 Å². The number of benzene rings is 1. The van der Waals surface area contributed by atoms with E-state index < -0.39 is 0 Å². The Bertz CT molecular complexity index is 747. The molecular formula is C16H16N4. The first-order valence-electron chi connectivity index (χ1n) is 6.74. The third kappa shape index (κ3) is 2.32. The third-order valence-electron chi connectivity index (χ3n) is 3.21. The summed E-state index contributed by atoms with van der Waals surface area (Å²) in [5, 5.41) is 2.22. The van der Waals surface area contributed by atoms with Crippen LogP contribution in [0.4, 0.5) is 5.82 Å². The summed E-state index contributed by atoms with van der Waals surface area (Å²) in [6, 6.07) is 9.95. The Morgan fingerprint density at radius 3 is 2.80 bits per heavy atom. The molecule has 0 aliphatic carbocycles. The van der Waals surface area contributed by atoms with Crippen LogP contribution in [0.15, 0.2) is 42.7 Å². The molecule has 2 heterocycles. The molecule has 100 valence electrons. The lowest BCUT2D eigenvalue weighted by atomic mass is 10.1. The van der Waals surface area contributed by atoms with Gasteiger partial charge in [0.25, 0.3) is 0 Å². The minimum Gasteiger partial charge on any atom is -0.384 e. The Morgan fingerprint density at radius 2 is 1.95 bits per heavy atom. The molecule has 0 aliphatic rings. The fourth-order valence-electron chi connectivity index (χ4n) is 2.31. The third-order valence-corrected chi connectivity index (χ3v) is 3.21. The second-order valence-corrected chi connectivity index (χ2v) is 4.75. The van der Waals surface area contributed by atoms with E-state index in [2.05, 4.69) is 27.9 Å². The number of nitrogen functional groups attached to an aromatic ring is 1. The molecule has 0 bridgehead atoms. The largest absolute Gasteiger partial charge is 0.384 e. The van der Waals surface area contributed by atoms with E-state index in [-0.39, 0.29) is 0 Å². The average Bonchev–Trinajstić information content (AvgIpc) is 2.46. The highest BCUT2D eigenvalue weighted by Gasteiger charge is 2.08. The van der Waals surface area contributed by atoms with Gasteiger partial charge in [0.05, 0.1) is 5.69 Å². The van der Waals surface area contributed by atoms with Gasteiger partial charge in [-0.25, -0.2) is 9.97 Å². The number of fused-ring (bicyclic) bond motifs is 1. The van der Waals surface area contributed by atoms with Gasteiger partial charge in [-0.15, -0.1) is 0 Å². The highest BCUT2D eigenvalue weighted by atomic mass is 14.9. The zero-order valence-corrected chi connectivity index (χ0v) is 11.4. The van der Waals surface area contributed by atoms with Gasteiger partial charge in [-0.3, -0.25) is 4.98 Å². The number of pyridine rings is 1. The van der Waals surface area contributed by atoms with E-state index in [0.29, 0.717) is 5.82 Å². The van der Waals surface area contributed by atoms with Crippen molar-refractivity contribution in [1.82, 2.24) is 15.0 Å². The second-order valence-electron chi connectivity index (χ2n) is 4.75. The SMILES string of the molecule is CCCc1nc(N)cc(-c2cncc3ccccc23)n1. The number of nitrogens with two attached hydrogens (primary N) is 1. The fraction of sp³-hybridized carbons (Fsp3) is 0.188.